The molecule has 108 valence electrons. The summed E-state index contributed by atoms with van der Waals surface area (Å²) in [5, 5.41) is 16.1. The molecule has 0 radical (unpaired) electrons. The summed E-state index contributed by atoms with van der Waals surface area (Å²) in [5.41, 5.74) is 0.192. The van der Waals surface area contributed by atoms with Crippen LogP contribution in [0.4, 0.5) is 5.82 Å². The smallest absolute Gasteiger partial charge is 0.272 e. The maximum Gasteiger partial charge on any atom is 0.272 e. The van der Waals surface area contributed by atoms with Crippen LogP contribution in [-0.2, 0) is 4.79 Å². The molecule has 3 N–H and O–H groups in total. The summed E-state index contributed by atoms with van der Waals surface area (Å²) >= 11 is 0. The number of nitrogens with zero attached hydrogens (tertiary/aromatic N) is 2. The van der Waals surface area contributed by atoms with E-state index in [1.54, 1.807) is 19.1 Å². The second kappa shape index (κ2) is 6.31. The molecule has 0 spiro atoms. The molecule has 1 aromatic heterocycles. The summed E-state index contributed by atoms with van der Waals surface area (Å²) in [6, 6.07) is 2.95. The van der Waals surface area contributed by atoms with Crippen molar-refractivity contribution in [2.75, 3.05) is 11.9 Å². The van der Waals surface area contributed by atoms with Crippen LogP contribution in [0.5, 0.6) is 0 Å². The number of carbonyl (C=O) groups is 2. The number of amides is 2. The van der Waals surface area contributed by atoms with Gasteiger partial charge in [-0.1, -0.05) is 0 Å². The van der Waals surface area contributed by atoms with Crippen molar-refractivity contribution >= 4 is 17.6 Å². The van der Waals surface area contributed by atoms with Gasteiger partial charge >= 0.3 is 0 Å². The number of nitrogens with one attached hydrogen (secondary N) is 3. The van der Waals surface area contributed by atoms with Crippen molar-refractivity contribution in [1.82, 2.24) is 20.8 Å². The highest BCUT2D eigenvalue weighted by molar-refractivity contribution is 5.96. The molecule has 1 saturated carbocycles. The average Bonchev–Trinajstić information content (AvgIpc) is 3.23. The Morgan fingerprint density at radius 2 is 2.10 bits per heavy atom. The molecule has 1 aliphatic carbocycles. The Hall–Kier alpha value is -2.18. The van der Waals surface area contributed by atoms with E-state index in [-0.39, 0.29) is 17.6 Å². The normalized spacial score (nSPS) is 15.3. The van der Waals surface area contributed by atoms with E-state index in [2.05, 4.69) is 26.1 Å². The Morgan fingerprint density at radius 1 is 1.35 bits per heavy atom. The minimum atomic E-state index is -0.585. The van der Waals surface area contributed by atoms with E-state index in [1.807, 2.05) is 6.92 Å². The van der Waals surface area contributed by atoms with Gasteiger partial charge in [0, 0.05) is 12.6 Å². The van der Waals surface area contributed by atoms with E-state index < -0.39 is 11.9 Å². The molecule has 0 bridgehead atoms. The maximum atomic E-state index is 11.9. The maximum absolute atomic E-state index is 11.9. The molecule has 0 aromatic carbocycles. The van der Waals surface area contributed by atoms with Crippen molar-refractivity contribution in [2.45, 2.75) is 38.8 Å². The number of carbonyl (C=O) groups excluding carboxylic acids is 2. The van der Waals surface area contributed by atoms with Gasteiger partial charge in [0.1, 0.15) is 11.9 Å². The summed E-state index contributed by atoms with van der Waals surface area (Å²) in [5.74, 6) is 0.0423. The lowest BCUT2D eigenvalue weighted by atomic mass is 10.2. The van der Waals surface area contributed by atoms with E-state index >= 15 is 0 Å². The zero-order chi connectivity index (χ0) is 14.5. The molecule has 7 nitrogen and oxygen atoms in total. The summed E-state index contributed by atoms with van der Waals surface area (Å²) in [7, 11) is 0. The number of anilines is 1. The largest absolute Gasteiger partial charge is 0.369 e. The molecule has 0 aliphatic heterocycles. The molecule has 1 heterocycles. The Labute approximate surface area is 117 Å². The molecule has 1 aromatic rings. The van der Waals surface area contributed by atoms with Crippen molar-refractivity contribution in [3.63, 3.8) is 0 Å². The Kier molecular flexibility index (Phi) is 4.49. The van der Waals surface area contributed by atoms with E-state index in [0.717, 1.165) is 19.4 Å². The van der Waals surface area contributed by atoms with Crippen LogP contribution < -0.4 is 16.0 Å². The van der Waals surface area contributed by atoms with Gasteiger partial charge in [0.15, 0.2) is 5.69 Å². The van der Waals surface area contributed by atoms with Crippen LogP contribution in [0.25, 0.3) is 0 Å². The van der Waals surface area contributed by atoms with E-state index in [4.69, 9.17) is 0 Å². The molecular weight excluding hydrogens is 258 g/mol. The van der Waals surface area contributed by atoms with E-state index in [1.165, 1.54) is 0 Å². The van der Waals surface area contributed by atoms with Gasteiger partial charge < -0.3 is 16.0 Å². The first-order chi connectivity index (χ1) is 9.60. The molecule has 0 saturated heterocycles. The van der Waals surface area contributed by atoms with Crippen molar-refractivity contribution in [3.05, 3.63) is 17.8 Å². The predicted octanol–water partition coefficient (Wildman–Crippen LogP) is 0.305. The number of hydrogen-bond acceptors (Lipinski definition) is 5. The highest BCUT2D eigenvalue weighted by atomic mass is 16.2. The van der Waals surface area contributed by atoms with E-state index in [0.29, 0.717) is 5.82 Å². The highest BCUT2D eigenvalue weighted by Crippen LogP contribution is 2.18. The van der Waals surface area contributed by atoms with Crippen LogP contribution in [0.1, 0.15) is 37.2 Å². The minimum Gasteiger partial charge on any atom is -0.369 e. The minimum absolute atomic E-state index is 0.168. The lowest BCUT2D eigenvalue weighted by Gasteiger charge is -2.13. The second-order valence-electron chi connectivity index (χ2n) is 4.81. The van der Waals surface area contributed by atoms with E-state index in [9.17, 15) is 9.59 Å². The zero-order valence-electron chi connectivity index (χ0n) is 11.6. The summed E-state index contributed by atoms with van der Waals surface area (Å²) in [6.07, 6.45) is 2.04. The lowest BCUT2D eigenvalue weighted by Crippen LogP contribution is -2.45. The van der Waals surface area contributed by atoms with Crippen molar-refractivity contribution in [2.24, 2.45) is 0 Å². The monoisotopic (exact) mass is 277 g/mol. The molecule has 1 fully saturated rings. The van der Waals surface area contributed by atoms with Gasteiger partial charge in [0.05, 0.1) is 0 Å². The Balaban J connectivity index is 1.87. The van der Waals surface area contributed by atoms with Gasteiger partial charge in [-0.2, -0.15) is 0 Å². The Bertz CT molecular complexity index is 484. The topological polar surface area (TPSA) is 96.0 Å². The van der Waals surface area contributed by atoms with Gasteiger partial charge in [0.25, 0.3) is 5.91 Å². The fourth-order valence-corrected chi connectivity index (χ4v) is 1.62. The standard InChI is InChI=1S/C13H19N5O2/c1-3-14-11-7-6-10(17-18-11)13(20)15-8(2)12(19)16-9-4-5-9/h6-9H,3-5H2,1-2H3,(H,14,18)(H,15,20)(H,16,19). The molecule has 1 aliphatic rings. The first kappa shape index (κ1) is 14.2. The first-order valence-electron chi connectivity index (χ1n) is 6.79. The zero-order valence-corrected chi connectivity index (χ0v) is 11.6. The molecule has 7 heteroatoms. The molecule has 2 rings (SSSR count). The Morgan fingerprint density at radius 3 is 2.65 bits per heavy atom. The summed E-state index contributed by atoms with van der Waals surface area (Å²) < 4.78 is 0. The first-order valence-corrected chi connectivity index (χ1v) is 6.79. The lowest BCUT2D eigenvalue weighted by molar-refractivity contribution is -0.122. The van der Waals surface area contributed by atoms with Crippen molar-refractivity contribution < 1.29 is 9.59 Å². The van der Waals surface area contributed by atoms with Crippen molar-refractivity contribution in [1.29, 1.82) is 0 Å². The number of aromatic nitrogens is 2. The van der Waals surface area contributed by atoms with Crippen molar-refractivity contribution in [3.8, 4) is 0 Å². The van der Waals surface area contributed by atoms with Gasteiger partial charge in [-0.25, -0.2) is 0 Å². The fraction of sp³-hybridized carbons (Fsp3) is 0.538. The molecular formula is C13H19N5O2. The SMILES string of the molecule is CCNc1ccc(C(=O)NC(C)C(=O)NC2CC2)nn1. The van der Waals surface area contributed by atoms with Crippen LogP contribution in [0.3, 0.4) is 0 Å². The molecule has 1 atom stereocenters. The third-order valence-electron chi connectivity index (χ3n) is 2.92. The average molecular weight is 277 g/mol. The quantitative estimate of drug-likeness (QED) is 0.695. The van der Waals surface area contributed by atoms with Gasteiger partial charge in [-0.05, 0) is 38.8 Å². The third kappa shape index (κ3) is 3.91. The van der Waals surface area contributed by atoms with Gasteiger partial charge in [-0.3, -0.25) is 9.59 Å². The molecule has 1 unspecified atom stereocenters. The second-order valence-corrected chi connectivity index (χ2v) is 4.81. The van der Waals surface area contributed by atoms with Crippen LogP contribution in [0.2, 0.25) is 0 Å². The molecule has 20 heavy (non-hydrogen) atoms. The van der Waals surface area contributed by atoms with Gasteiger partial charge in [0.2, 0.25) is 5.91 Å². The van der Waals surface area contributed by atoms with Gasteiger partial charge in [-0.15, -0.1) is 10.2 Å². The fourth-order valence-electron chi connectivity index (χ4n) is 1.62. The highest BCUT2D eigenvalue weighted by Gasteiger charge is 2.26. The van der Waals surface area contributed by atoms with Crippen LogP contribution in [0.15, 0.2) is 12.1 Å². The summed E-state index contributed by atoms with van der Waals surface area (Å²) in [6.45, 7) is 4.33. The summed E-state index contributed by atoms with van der Waals surface area (Å²) in [4.78, 5) is 23.6. The predicted molar refractivity (Wildman–Crippen MR) is 74.3 cm³/mol. The molecule has 2 amide bonds. The van der Waals surface area contributed by atoms with Crippen LogP contribution in [0, 0.1) is 0 Å². The van der Waals surface area contributed by atoms with Crippen LogP contribution in [-0.4, -0.2) is 40.6 Å². The number of hydrogen-bond donors (Lipinski definition) is 3. The third-order valence-corrected chi connectivity index (χ3v) is 2.92. The van der Waals surface area contributed by atoms with Crippen LogP contribution >= 0.6 is 0 Å². The number of rotatable bonds is 6.